The number of rotatable bonds is 3. The van der Waals surface area contributed by atoms with Crippen molar-refractivity contribution in [1.82, 2.24) is 0 Å². The van der Waals surface area contributed by atoms with Gasteiger partial charge in [0, 0.05) is 12.4 Å². The topological polar surface area (TPSA) is 108 Å². The average Bonchev–Trinajstić information content (AvgIpc) is 1.86. The smallest absolute Gasteiger partial charge is 0.193 e. The molecule has 0 fully saturated rings. The Kier molecular flexibility index (Phi) is 5.58. The minimum Gasteiger partial charge on any atom is -0.396 e. The van der Waals surface area contributed by atoms with Crippen molar-refractivity contribution >= 4 is 22.9 Å². The molecule has 5 nitrogen and oxygen atoms in total. The van der Waals surface area contributed by atoms with Crippen molar-refractivity contribution in [2.45, 2.75) is 6.42 Å². The molecule has 6 heteroatoms. The van der Waals surface area contributed by atoms with Crippen LogP contribution in [0.2, 0.25) is 0 Å². The molecule has 0 atom stereocenters. The monoisotopic (exact) mass is 176 g/mol. The van der Waals surface area contributed by atoms with Gasteiger partial charge in [-0.05, 0) is 6.42 Å². The molecule has 0 heterocycles. The van der Waals surface area contributed by atoms with Gasteiger partial charge in [0.1, 0.15) is 0 Å². The minimum atomic E-state index is -0.105. The van der Waals surface area contributed by atoms with Gasteiger partial charge < -0.3 is 16.6 Å². The lowest BCUT2D eigenvalue weighted by atomic mass is 10.5. The number of aliphatic imine (C=N–C) groups is 1. The summed E-state index contributed by atoms with van der Waals surface area (Å²) in [6.07, 6.45) is 0.646. The van der Waals surface area contributed by atoms with Gasteiger partial charge >= 0.3 is 0 Å². The fraction of sp³-hybridized carbons (Fsp3) is 0.600. The van der Waals surface area contributed by atoms with E-state index < -0.39 is 0 Å². The first-order chi connectivity index (χ1) is 5.16. The number of aliphatic hydroxyl groups excluding tert-OH is 1. The van der Waals surface area contributed by atoms with Crippen LogP contribution in [0, 0.1) is 5.41 Å². The van der Waals surface area contributed by atoms with E-state index in [9.17, 15) is 0 Å². The Hall–Kier alpha value is -0.750. The van der Waals surface area contributed by atoms with E-state index in [1.165, 1.54) is 11.8 Å². The van der Waals surface area contributed by atoms with E-state index in [1.807, 2.05) is 0 Å². The molecule has 0 aromatic heterocycles. The van der Waals surface area contributed by atoms with Crippen LogP contribution in [0.15, 0.2) is 4.99 Å². The third-order valence-electron chi connectivity index (χ3n) is 0.772. The van der Waals surface area contributed by atoms with Crippen LogP contribution in [0.25, 0.3) is 0 Å². The lowest BCUT2D eigenvalue weighted by molar-refractivity contribution is 0.296. The van der Waals surface area contributed by atoms with Crippen LogP contribution in [0.4, 0.5) is 0 Å². The molecule has 0 bridgehead atoms. The third kappa shape index (κ3) is 7.14. The molecule has 6 N–H and O–H groups in total. The molecule has 0 unspecified atom stereocenters. The van der Waals surface area contributed by atoms with Crippen LogP contribution in [-0.4, -0.2) is 28.6 Å². The molecular weight excluding hydrogens is 164 g/mol. The summed E-state index contributed by atoms with van der Waals surface area (Å²) in [5.74, 6) is 0.554. The number of amidine groups is 1. The maximum absolute atomic E-state index is 8.39. The zero-order valence-corrected chi connectivity index (χ0v) is 6.90. The van der Waals surface area contributed by atoms with E-state index >= 15 is 0 Å². The Morgan fingerprint density at radius 2 is 2.18 bits per heavy atom. The Balaban J connectivity index is 3.46. The first-order valence-corrected chi connectivity index (χ1v) is 4.07. The second-order valence-corrected chi connectivity index (χ2v) is 2.85. The number of nitrogens with two attached hydrogens (primary N) is 2. The summed E-state index contributed by atoms with van der Waals surface area (Å²) in [4.78, 5) is 3.49. The van der Waals surface area contributed by atoms with Crippen LogP contribution >= 0.6 is 11.8 Å². The van der Waals surface area contributed by atoms with Gasteiger partial charge in [0.2, 0.25) is 0 Å². The lowest BCUT2D eigenvalue weighted by Crippen LogP contribution is -2.23. The molecule has 0 rings (SSSR count). The van der Waals surface area contributed by atoms with Gasteiger partial charge in [-0.25, -0.2) is 0 Å². The van der Waals surface area contributed by atoms with Gasteiger partial charge in [-0.2, -0.15) is 4.99 Å². The second kappa shape index (κ2) is 5.99. The van der Waals surface area contributed by atoms with E-state index in [2.05, 4.69) is 4.99 Å². The van der Waals surface area contributed by atoms with Crippen molar-refractivity contribution in [2.24, 2.45) is 16.5 Å². The SMILES string of the molecule is N=C(N=C(N)N)SCCCO. The molecule has 0 saturated carbocycles. The Morgan fingerprint density at radius 3 is 2.64 bits per heavy atom. The predicted octanol–water partition coefficient (Wildman–Crippen LogP) is -0.690. The van der Waals surface area contributed by atoms with Crippen LogP contribution < -0.4 is 11.5 Å². The maximum Gasteiger partial charge on any atom is 0.193 e. The molecule has 0 aliphatic heterocycles. The first kappa shape index (κ1) is 10.2. The molecule has 0 amide bonds. The lowest BCUT2D eigenvalue weighted by Gasteiger charge is -1.96. The number of thioether (sulfide) groups is 1. The molecule has 0 spiro atoms. The highest BCUT2D eigenvalue weighted by Crippen LogP contribution is 2.04. The predicted molar refractivity (Wildman–Crippen MR) is 47.7 cm³/mol. The molecule has 0 radical (unpaired) electrons. The number of hydrogen-bond acceptors (Lipinski definition) is 3. The van der Waals surface area contributed by atoms with Gasteiger partial charge in [-0.3, -0.25) is 5.41 Å². The van der Waals surface area contributed by atoms with Crippen LogP contribution in [0.5, 0.6) is 0 Å². The molecular formula is C5H12N4OS. The molecule has 64 valence electrons. The van der Waals surface area contributed by atoms with Gasteiger partial charge in [0.05, 0.1) is 0 Å². The van der Waals surface area contributed by atoms with Gasteiger partial charge in [0.25, 0.3) is 0 Å². The Labute approximate surface area is 69.4 Å². The summed E-state index contributed by atoms with van der Waals surface area (Å²) in [7, 11) is 0. The van der Waals surface area contributed by atoms with Crippen molar-refractivity contribution < 1.29 is 5.11 Å². The minimum absolute atomic E-state index is 0.0819. The van der Waals surface area contributed by atoms with Crippen LogP contribution in [0.1, 0.15) is 6.42 Å². The quantitative estimate of drug-likeness (QED) is 0.259. The molecule has 0 aromatic carbocycles. The molecule has 11 heavy (non-hydrogen) atoms. The summed E-state index contributed by atoms with van der Waals surface area (Å²) in [5.41, 5.74) is 10.0. The van der Waals surface area contributed by atoms with Crippen LogP contribution in [-0.2, 0) is 0 Å². The first-order valence-electron chi connectivity index (χ1n) is 3.08. The number of nitrogens with one attached hydrogen (secondary N) is 1. The largest absolute Gasteiger partial charge is 0.396 e. The van der Waals surface area contributed by atoms with Crippen LogP contribution in [0.3, 0.4) is 0 Å². The number of guanidine groups is 1. The molecule has 0 aliphatic rings. The maximum atomic E-state index is 8.39. The van der Waals surface area contributed by atoms with E-state index in [-0.39, 0.29) is 17.7 Å². The van der Waals surface area contributed by atoms with Crippen molar-refractivity contribution in [1.29, 1.82) is 5.41 Å². The third-order valence-corrected chi connectivity index (χ3v) is 1.63. The second-order valence-electron chi connectivity index (χ2n) is 1.77. The van der Waals surface area contributed by atoms with Gasteiger partial charge in [0.15, 0.2) is 11.1 Å². The average molecular weight is 176 g/mol. The molecule has 0 aromatic rings. The normalized spacial score (nSPS) is 9.18. The fourth-order valence-corrected chi connectivity index (χ4v) is 1.02. The van der Waals surface area contributed by atoms with E-state index in [0.29, 0.717) is 12.2 Å². The van der Waals surface area contributed by atoms with E-state index in [4.69, 9.17) is 22.0 Å². The van der Waals surface area contributed by atoms with Crippen molar-refractivity contribution in [2.75, 3.05) is 12.4 Å². The van der Waals surface area contributed by atoms with E-state index in [1.54, 1.807) is 0 Å². The zero-order chi connectivity index (χ0) is 8.69. The Morgan fingerprint density at radius 1 is 1.55 bits per heavy atom. The fourth-order valence-electron chi connectivity index (χ4n) is 0.383. The number of nitrogens with zero attached hydrogens (tertiary/aromatic N) is 1. The van der Waals surface area contributed by atoms with E-state index in [0.717, 1.165) is 0 Å². The standard InChI is InChI=1S/C5H12N4OS/c6-4(7)9-5(8)11-3-1-2-10/h10H,1-3H2,(H5,6,7,8,9). The number of aliphatic hydroxyl groups is 1. The van der Waals surface area contributed by atoms with Crippen molar-refractivity contribution in [3.8, 4) is 0 Å². The van der Waals surface area contributed by atoms with Gasteiger partial charge in [-0.1, -0.05) is 11.8 Å². The highest BCUT2D eigenvalue weighted by atomic mass is 32.2. The summed E-state index contributed by atoms with van der Waals surface area (Å²) in [6.45, 7) is 0.127. The zero-order valence-electron chi connectivity index (χ0n) is 6.08. The Bertz CT molecular complexity index is 155. The summed E-state index contributed by atoms with van der Waals surface area (Å²) in [5, 5.41) is 15.6. The summed E-state index contributed by atoms with van der Waals surface area (Å²) >= 11 is 1.21. The summed E-state index contributed by atoms with van der Waals surface area (Å²) in [6, 6.07) is 0. The highest BCUT2D eigenvalue weighted by Gasteiger charge is 1.94. The molecule has 0 saturated heterocycles. The molecule has 0 aliphatic carbocycles. The van der Waals surface area contributed by atoms with Crippen molar-refractivity contribution in [3.05, 3.63) is 0 Å². The highest BCUT2D eigenvalue weighted by molar-refractivity contribution is 8.13. The number of hydrogen-bond donors (Lipinski definition) is 4. The van der Waals surface area contributed by atoms with Crippen molar-refractivity contribution in [3.63, 3.8) is 0 Å². The van der Waals surface area contributed by atoms with Gasteiger partial charge in [-0.15, -0.1) is 0 Å². The summed E-state index contributed by atoms with van der Waals surface area (Å²) < 4.78 is 0.